The molecule has 0 aliphatic carbocycles. The molecule has 0 spiro atoms. The van der Waals surface area contributed by atoms with Crippen molar-refractivity contribution in [3.05, 3.63) is 71.1 Å². The van der Waals surface area contributed by atoms with Crippen molar-refractivity contribution in [2.75, 3.05) is 18.0 Å². The van der Waals surface area contributed by atoms with Gasteiger partial charge in [-0.2, -0.15) is 5.26 Å². The third kappa shape index (κ3) is 2.69. The number of benzene rings is 2. The Morgan fingerprint density at radius 3 is 2.46 bits per heavy atom. The molecule has 1 heterocycles. The van der Waals surface area contributed by atoms with Crippen molar-refractivity contribution in [3.63, 3.8) is 0 Å². The smallest absolute Gasteiger partial charge is 0.205 e. The maximum atomic E-state index is 9.56. The van der Waals surface area contributed by atoms with Crippen molar-refractivity contribution in [2.45, 2.75) is 19.8 Å². The van der Waals surface area contributed by atoms with Gasteiger partial charge >= 0.3 is 0 Å². The monoisotopic (exact) mass is 319 g/mol. The first kappa shape index (κ1) is 15.9. The molecule has 0 saturated heterocycles. The van der Waals surface area contributed by atoms with Gasteiger partial charge in [0.15, 0.2) is 0 Å². The first-order valence-corrected chi connectivity index (χ1v) is 8.21. The van der Waals surface area contributed by atoms with Gasteiger partial charge in [0, 0.05) is 30.4 Å². The van der Waals surface area contributed by atoms with Gasteiger partial charge in [0.1, 0.15) is 17.4 Å². The molecule has 3 rings (SSSR count). The van der Waals surface area contributed by atoms with E-state index < -0.39 is 0 Å². The van der Waals surface area contributed by atoms with Crippen molar-refractivity contribution < 1.29 is 4.74 Å². The SMILES string of the molecule is CCN(CC)c1ccc2c(c1)OC(N)=C(C#N)[C@@H]2c1ccccc1. The molecule has 0 bridgehead atoms. The van der Waals surface area contributed by atoms with E-state index in [1.54, 1.807) is 0 Å². The van der Waals surface area contributed by atoms with Crippen LogP contribution in [0.4, 0.5) is 5.69 Å². The van der Waals surface area contributed by atoms with E-state index in [-0.39, 0.29) is 11.8 Å². The van der Waals surface area contributed by atoms with Gasteiger partial charge in [0.25, 0.3) is 0 Å². The second-order valence-electron chi connectivity index (χ2n) is 5.73. The van der Waals surface area contributed by atoms with E-state index in [1.807, 2.05) is 42.5 Å². The lowest BCUT2D eigenvalue weighted by atomic mass is 9.83. The molecule has 122 valence electrons. The predicted molar refractivity (Wildman–Crippen MR) is 95.7 cm³/mol. The molecule has 2 aromatic carbocycles. The van der Waals surface area contributed by atoms with E-state index in [1.165, 1.54) is 0 Å². The Morgan fingerprint density at radius 1 is 1.12 bits per heavy atom. The summed E-state index contributed by atoms with van der Waals surface area (Å²) in [4.78, 5) is 2.25. The van der Waals surface area contributed by atoms with E-state index in [2.05, 4.69) is 30.9 Å². The molecule has 0 radical (unpaired) electrons. The molecule has 0 aromatic heterocycles. The van der Waals surface area contributed by atoms with Crippen LogP contribution in [0.15, 0.2) is 60.0 Å². The lowest BCUT2D eigenvalue weighted by Gasteiger charge is -2.28. The van der Waals surface area contributed by atoms with Crippen LogP contribution in [0.5, 0.6) is 5.75 Å². The lowest BCUT2D eigenvalue weighted by molar-refractivity contribution is 0.393. The minimum atomic E-state index is -0.189. The molecule has 0 saturated carbocycles. The standard InChI is InChI=1S/C20H21N3O/c1-3-23(4-2)15-10-11-16-18(12-15)24-20(22)17(13-21)19(16)14-8-6-5-7-9-14/h5-12,19H,3-4,22H2,1-2H3/t19-/m1/s1. The van der Waals surface area contributed by atoms with Gasteiger partial charge in [0.05, 0.1) is 5.92 Å². The molecule has 0 amide bonds. The number of fused-ring (bicyclic) bond motifs is 1. The summed E-state index contributed by atoms with van der Waals surface area (Å²) in [5.41, 5.74) is 9.62. The first-order valence-electron chi connectivity index (χ1n) is 8.21. The largest absolute Gasteiger partial charge is 0.440 e. The van der Waals surface area contributed by atoms with Crippen molar-refractivity contribution in [1.29, 1.82) is 5.26 Å². The number of ether oxygens (including phenoxy) is 1. The van der Waals surface area contributed by atoms with Crippen LogP contribution < -0.4 is 15.4 Å². The summed E-state index contributed by atoms with van der Waals surface area (Å²) in [6, 6.07) is 18.3. The van der Waals surface area contributed by atoms with Gasteiger partial charge in [-0.15, -0.1) is 0 Å². The van der Waals surface area contributed by atoms with Gasteiger partial charge in [-0.25, -0.2) is 0 Å². The zero-order chi connectivity index (χ0) is 17.1. The molecule has 1 aliphatic rings. The van der Waals surface area contributed by atoms with Gasteiger partial charge in [-0.05, 0) is 25.5 Å². The van der Waals surface area contributed by atoms with E-state index in [0.717, 1.165) is 35.7 Å². The maximum absolute atomic E-state index is 9.56. The number of nitriles is 1. The Balaban J connectivity index is 2.13. The number of rotatable bonds is 4. The van der Waals surface area contributed by atoms with Gasteiger partial charge in [0.2, 0.25) is 5.88 Å². The van der Waals surface area contributed by atoms with Crippen molar-refractivity contribution in [2.24, 2.45) is 5.73 Å². The summed E-state index contributed by atoms with van der Waals surface area (Å²) < 4.78 is 5.78. The minimum absolute atomic E-state index is 0.189. The van der Waals surface area contributed by atoms with E-state index in [9.17, 15) is 5.26 Å². The molecular formula is C20H21N3O. The van der Waals surface area contributed by atoms with Crippen LogP contribution in [-0.2, 0) is 0 Å². The molecule has 24 heavy (non-hydrogen) atoms. The fourth-order valence-electron chi connectivity index (χ4n) is 3.22. The minimum Gasteiger partial charge on any atom is -0.440 e. The third-order valence-electron chi connectivity index (χ3n) is 4.46. The highest BCUT2D eigenvalue weighted by Crippen LogP contribution is 2.43. The van der Waals surface area contributed by atoms with Gasteiger partial charge in [-0.3, -0.25) is 0 Å². The molecule has 1 aliphatic heterocycles. The molecule has 2 aromatic rings. The summed E-state index contributed by atoms with van der Waals surface area (Å²) in [7, 11) is 0. The van der Waals surface area contributed by atoms with Crippen LogP contribution in [0.2, 0.25) is 0 Å². The fraction of sp³-hybridized carbons (Fsp3) is 0.250. The average Bonchev–Trinajstić information content (AvgIpc) is 2.62. The maximum Gasteiger partial charge on any atom is 0.205 e. The Kier molecular flexibility index (Phi) is 4.43. The topological polar surface area (TPSA) is 62.3 Å². The van der Waals surface area contributed by atoms with E-state index in [0.29, 0.717) is 5.57 Å². The third-order valence-corrected chi connectivity index (χ3v) is 4.46. The molecule has 2 N–H and O–H groups in total. The molecule has 4 heteroatoms. The van der Waals surface area contributed by atoms with E-state index in [4.69, 9.17) is 10.5 Å². The average molecular weight is 319 g/mol. The Labute approximate surface area is 142 Å². The second-order valence-corrected chi connectivity index (χ2v) is 5.73. The van der Waals surface area contributed by atoms with Crippen molar-refractivity contribution >= 4 is 5.69 Å². The second kappa shape index (κ2) is 6.67. The highest BCUT2D eigenvalue weighted by molar-refractivity contribution is 5.61. The number of hydrogen-bond acceptors (Lipinski definition) is 4. The van der Waals surface area contributed by atoms with Crippen molar-refractivity contribution in [1.82, 2.24) is 0 Å². The van der Waals surface area contributed by atoms with Gasteiger partial charge in [-0.1, -0.05) is 36.4 Å². The predicted octanol–water partition coefficient (Wildman–Crippen LogP) is 3.75. The highest BCUT2D eigenvalue weighted by Gasteiger charge is 2.30. The Bertz CT molecular complexity index is 801. The lowest BCUT2D eigenvalue weighted by Crippen LogP contribution is -2.24. The Morgan fingerprint density at radius 2 is 1.83 bits per heavy atom. The molecule has 0 unspecified atom stereocenters. The van der Waals surface area contributed by atoms with Crippen molar-refractivity contribution in [3.8, 4) is 11.8 Å². The Hall–Kier alpha value is -2.93. The van der Waals surface area contributed by atoms with Crippen LogP contribution in [0, 0.1) is 11.3 Å². The highest BCUT2D eigenvalue weighted by atomic mass is 16.5. The quantitative estimate of drug-likeness (QED) is 0.932. The van der Waals surface area contributed by atoms with Crippen LogP contribution >= 0.6 is 0 Å². The summed E-state index contributed by atoms with van der Waals surface area (Å²) in [5, 5.41) is 9.56. The fourth-order valence-corrected chi connectivity index (χ4v) is 3.22. The first-order chi connectivity index (χ1) is 11.7. The van der Waals surface area contributed by atoms with Crippen LogP contribution in [0.1, 0.15) is 30.9 Å². The molecular weight excluding hydrogens is 298 g/mol. The summed E-state index contributed by atoms with van der Waals surface area (Å²) in [5.74, 6) is 0.728. The zero-order valence-corrected chi connectivity index (χ0v) is 14.0. The summed E-state index contributed by atoms with van der Waals surface area (Å²) in [6.07, 6.45) is 0. The van der Waals surface area contributed by atoms with Crippen LogP contribution in [-0.4, -0.2) is 13.1 Å². The molecule has 4 nitrogen and oxygen atoms in total. The van der Waals surface area contributed by atoms with Crippen LogP contribution in [0.3, 0.4) is 0 Å². The summed E-state index contributed by atoms with van der Waals surface area (Å²) >= 11 is 0. The van der Waals surface area contributed by atoms with E-state index >= 15 is 0 Å². The zero-order valence-electron chi connectivity index (χ0n) is 14.0. The normalized spacial score (nSPS) is 16.1. The van der Waals surface area contributed by atoms with Gasteiger partial charge < -0.3 is 15.4 Å². The van der Waals surface area contributed by atoms with Crippen LogP contribution in [0.25, 0.3) is 0 Å². The summed E-state index contributed by atoms with van der Waals surface area (Å²) in [6.45, 7) is 6.09. The number of allylic oxidation sites excluding steroid dienone is 1. The number of hydrogen-bond donors (Lipinski definition) is 1. The number of nitrogens with zero attached hydrogens (tertiary/aromatic N) is 2. The number of anilines is 1. The molecule has 1 atom stereocenters. The molecule has 0 fully saturated rings. The number of nitrogens with two attached hydrogens (primary N) is 1.